The molecule has 0 unspecified atom stereocenters. The van der Waals surface area contributed by atoms with Crippen LogP contribution < -0.4 is 5.32 Å². The zero-order valence-corrected chi connectivity index (χ0v) is 13.3. The molecular formula is C15H28N4O2. The van der Waals surface area contributed by atoms with Crippen molar-refractivity contribution in [2.75, 3.05) is 58.4 Å². The summed E-state index contributed by atoms with van der Waals surface area (Å²) in [6.07, 6.45) is 4.26. The van der Waals surface area contributed by atoms with Gasteiger partial charge >= 0.3 is 0 Å². The van der Waals surface area contributed by atoms with E-state index in [1.165, 1.54) is 0 Å². The molecule has 6 heteroatoms. The zero-order chi connectivity index (χ0) is 14.9. The lowest BCUT2D eigenvalue weighted by molar-refractivity contribution is 0.0369. The number of methoxy groups -OCH3 is 1. The maximum atomic E-state index is 5.37. The Labute approximate surface area is 127 Å². The summed E-state index contributed by atoms with van der Waals surface area (Å²) < 4.78 is 12.7. The predicted octanol–water partition coefficient (Wildman–Crippen LogP) is 1.36. The van der Waals surface area contributed by atoms with E-state index in [9.17, 15) is 0 Å². The second kappa shape index (κ2) is 9.02. The number of morpholine rings is 1. The summed E-state index contributed by atoms with van der Waals surface area (Å²) in [5.41, 5.74) is 1.07. The number of anilines is 1. The molecule has 1 aromatic rings. The lowest BCUT2D eigenvalue weighted by atomic mass is 10.3. The van der Waals surface area contributed by atoms with Crippen molar-refractivity contribution < 1.29 is 9.47 Å². The molecule has 0 saturated carbocycles. The van der Waals surface area contributed by atoms with Gasteiger partial charge in [-0.15, -0.1) is 0 Å². The Kier molecular flexibility index (Phi) is 6.99. The topological polar surface area (TPSA) is 51.5 Å². The lowest BCUT2D eigenvalue weighted by Gasteiger charge is -2.26. The Bertz CT molecular complexity index is 402. The van der Waals surface area contributed by atoms with E-state index in [1.807, 2.05) is 6.92 Å². The largest absolute Gasteiger partial charge is 0.385 e. The summed E-state index contributed by atoms with van der Waals surface area (Å²) in [5.74, 6) is 0.977. The predicted molar refractivity (Wildman–Crippen MR) is 83.8 cm³/mol. The average Bonchev–Trinajstić information content (AvgIpc) is 2.85. The normalized spacial score (nSPS) is 16.3. The number of aryl methyl sites for hydroxylation is 2. The summed E-state index contributed by atoms with van der Waals surface area (Å²) in [7, 11) is 1.73. The van der Waals surface area contributed by atoms with Crippen LogP contribution >= 0.6 is 0 Å². The van der Waals surface area contributed by atoms with Crippen LogP contribution in [0.2, 0.25) is 0 Å². The molecule has 0 bridgehead atoms. The summed E-state index contributed by atoms with van der Waals surface area (Å²) in [6, 6.07) is 0. The average molecular weight is 296 g/mol. The van der Waals surface area contributed by atoms with Crippen LogP contribution in [0.4, 0.5) is 5.95 Å². The molecule has 120 valence electrons. The van der Waals surface area contributed by atoms with Crippen LogP contribution in [-0.4, -0.2) is 67.6 Å². The van der Waals surface area contributed by atoms with Gasteiger partial charge in [-0.3, -0.25) is 4.90 Å². The van der Waals surface area contributed by atoms with Crippen LogP contribution in [0.15, 0.2) is 6.20 Å². The van der Waals surface area contributed by atoms with Crippen molar-refractivity contribution in [3.05, 3.63) is 11.9 Å². The highest BCUT2D eigenvalue weighted by Gasteiger charge is 2.10. The van der Waals surface area contributed by atoms with Gasteiger partial charge in [0.25, 0.3) is 0 Å². The maximum absolute atomic E-state index is 5.37. The Morgan fingerprint density at radius 3 is 2.86 bits per heavy atom. The van der Waals surface area contributed by atoms with Gasteiger partial charge in [0.2, 0.25) is 5.95 Å². The monoisotopic (exact) mass is 296 g/mol. The van der Waals surface area contributed by atoms with Crippen LogP contribution in [0.3, 0.4) is 0 Å². The van der Waals surface area contributed by atoms with Crippen LogP contribution in [0.5, 0.6) is 0 Å². The molecule has 2 rings (SSSR count). The van der Waals surface area contributed by atoms with Crippen LogP contribution in [-0.2, 0) is 16.0 Å². The highest BCUT2D eigenvalue weighted by atomic mass is 16.5. The van der Waals surface area contributed by atoms with Crippen molar-refractivity contribution in [1.29, 1.82) is 0 Å². The van der Waals surface area contributed by atoms with Gasteiger partial charge in [0.05, 0.1) is 18.9 Å². The number of nitrogens with zero attached hydrogens (tertiary/aromatic N) is 3. The zero-order valence-electron chi connectivity index (χ0n) is 13.3. The molecule has 0 amide bonds. The molecule has 2 heterocycles. The maximum Gasteiger partial charge on any atom is 0.203 e. The molecule has 1 aliphatic heterocycles. The number of rotatable bonds is 9. The lowest BCUT2D eigenvalue weighted by Crippen LogP contribution is -2.37. The fourth-order valence-corrected chi connectivity index (χ4v) is 2.56. The van der Waals surface area contributed by atoms with Gasteiger partial charge in [0, 0.05) is 52.6 Å². The highest BCUT2D eigenvalue weighted by Crippen LogP contribution is 2.10. The Morgan fingerprint density at radius 2 is 2.10 bits per heavy atom. The van der Waals surface area contributed by atoms with Gasteiger partial charge in [-0.05, 0) is 19.8 Å². The van der Waals surface area contributed by atoms with Gasteiger partial charge in [-0.1, -0.05) is 0 Å². The number of nitrogens with one attached hydrogen (secondary N) is 1. The third kappa shape index (κ3) is 5.65. The summed E-state index contributed by atoms with van der Waals surface area (Å²) in [6.45, 7) is 9.72. The molecule has 6 nitrogen and oxygen atoms in total. The fraction of sp³-hybridized carbons (Fsp3) is 0.800. The van der Waals surface area contributed by atoms with Gasteiger partial charge < -0.3 is 19.4 Å². The SMILES string of the molecule is COCCCNc1nc(C)cn1CCCN1CCOCC1. The van der Waals surface area contributed by atoms with E-state index >= 15 is 0 Å². The molecular weight excluding hydrogens is 268 g/mol. The minimum Gasteiger partial charge on any atom is -0.385 e. The number of aromatic nitrogens is 2. The van der Waals surface area contributed by atoms with E-state index in [-0.39, 0.29) is 0 Å². The van der Waals surface area contributed by atoms with Crippen LogP contribution in [0.1, 0.15) is 18.5 Å². The number of ether oxygens (including phenoxy) is 2. The first kappa shape index (κ1) is 16.3. The second-order valence-electron chi connectivity index (χ2n) is 5.48. The number of hydrogen-bond donors (Lipinski definition) is 1. The van der Waals surface area contributed by atoms with Gasteiger partial charge in [-0.2, -0.15) is 0 Å². The van der Waals surface area contributed by atoms with Gasteiger partial charge in [0.15, 0.2) is 0 Å². The van der Waals surface area contributed by atoms with Crippen molar-refractivity contribution in [2.24, 2.45) is 0 Å². The molecule has 0 aromatic carbocycles. The van der Waals surface area contributed by atoms with Crippen molar-refractivity contribution in [2.45, 2.75) is 26.3 Å². The minimum atomic E-state index is 0.781. The van der Waals surface area contributed by atoms with Crippen LogP contribution in [0, 0.1) is 6.92 Å². The van der Waals surface area contributed by atoms with E-state index < -0.39 is 0 Å². The van der Waals surface area contributed by atoms with Crippen molar-refractivity contribution >= 4 is 5.95 Å². The molecule has 0 atom stereocenters. The van der Waals surface area contributed by atoms with Crippen LogP contribution in [0.25, 0.3) is 0 Å². The fourth-order valence-electron chi connectivity index (χ4n) is 2.56. The third-order valence-corrected chi connectivity index (χ3v) is 3.68. The van der Waals surface area contributed by atoms with Gasteiger partial charge in [0.1, 0.15) is 0 Å². The number of imidazole rings is 1. The smallest absolute Gasteiger partial charge is 0.203 e. The van der Waals surface area contributed by atoms with Crippen molar-refractivity contribution in [3.63, 3.8) is 0 Å². The first-order valence-corrected chi connectivity index (χ1v) is 7.86. The van der Waals surface area contributed by atoms with E-state index in [2.05, 4.69) is 26.0 Å². The molecule has 21 heavy (non-hydrogen) atoms. The molecule has 0 radical (unpaired) electrons. The van der Waals surface area contributed by atoms with E-state index in [0.717, 1.165) is 77.0 Å². The third-order valence-electron chi connectivity index (χ3n) is 3.68. The summed E-state index contributed by atoms with van der Waals surface area (Å²) in [4.78, 5) is 7.02. The molecule has 1 fully saturated rings. The summed E-state index contributed by atoms with van der Waals surface area (Å²) in [5, 5.41) is 3.40. The number of hydrogen-bond acceptors (Lipinski definition) is 5. The first-order valence-electron chi connectivity index (χ1n) is 7.86. The van der Waals surface area contributed by atoms with E-state index in [1.54, 1.807) is 7.11 Å². The Hall–Kier alpha value is -1.11. The molecule has 1 aliphatic rings. The molecule has 1 saturated heterocycles. The first-order chi connectivity index (χ1) is 10.3. The minimum absolute atomic E-state index is 0.781. The Balaban J connectivity index is 1.73. The van der Waals surface area contributed by atoms with E-state index in [4.69, 9.17) is 9.47 Å². The second-order valence-corrected chi connectivity index (χ2v) is 5.48. The molecule has 1 aromatic heterocycles. The molecule has 1 N–H and O–H groups in total. The van der Waals surface area contributed by atoms with Crippen molar-refractivity contribution in [3.8, 4) is 0 Å². The molecule has 0 aliphatic carbocycles. The quantitative estimate of drug-likeness (QED) is 0.697. The highest BCUT2D eigenvalue weighted by molar-refractivity contribution is 5.28. The Morgan fingerprint density at radius 1 is 1.29 bits per heavy atom. The standard InChI is InChI=1S/C15H28N4O2/c1-14-13-19(15(17-14)16-5-3-10-20-2)7-4-6-18-8-11-21-12-9-18/h13H,3-12H2,1-2H3,(H,16,17). The molecule has 0 spiro atoms. The van der Waals surface area contributed by atoms with Crippen molar-refractivity contribution in [1.82, 2.24) is 14.5 Å². The summed E-state index contributed by atoms with van der Waals surface area (Å²) >= 11 is 0. The van der Waals surface area contributed by atoms with E-state index in [0.29, 0.717) is 0 Å². The van der Waals surface area contributed by atoms with Gasteiger partial charge in [-0.25, -0.2) is 4.98 Å².